The van der Waals surface area contributed by atoms with Crippen molar-refractivity contribution < 1.29 is 4.39 Å². The van der Waals surface area contributed by atoms with Crippen molar-refractivity contribution in [1.82, 2.24) is 4.98 Å². The van der Waals surface area contributed by atoms with Gasteiger partial charge in [0.15, 0.2) is 0 Å². The molecule has 11 heavy (non-hydrogen) atoms. The molecule has 0 aliphatic carbocycles. The Balaban J connectivity index is 3.23. The lowest BCUT2D eigenvalue weighted by molar-refractivity contribution is 0.615. The van der Waals surface area contributed by atoms with E-state index in [2.05, 4.69) is 11.6 Å². The summed E-state index contributed by atoms with van der Waals surface area (Å²) in [4.78, 5) is 4.00. The minimum absolute atomic E-state index is 0.303. The molecule has 0 amide bonds. The predicted octanol–water partition coefficient (Wildman–Crippen LogP) is 2.56. The van der Waals surface area contributed by atoms with Gasteiger partial charge in [0.25, 0.3) is 0 Å². The summed E-state index contributed by atoms with van der Waals surface area (Å²) in [7, 11) is 0. The van der Waals surface area contributed by atoms with Gasteiger partial charge < -0.3 is 0 Å². The summed E-state index contributed by atoms with van der Waals surface area (Å²) in [5.74, 6) is -0.303. The molecular formula is C9H10FN. The minimum Gasteiger partial charge on any atom is -0.250 e. The molecule has 1 rings (SSSR count). The Hall–Kier alpha value is -1.18. The maximum absolute atomic E-state index is 12.9. The van der Waals surface area contributed by atoms with Gasteiger partial charge >= 0.3 is 0 Å². The quantitative estimate of drug-likeness (QED) is 0.601. The van der Waals surface area contributed by atoms with Crippen LogP contribution in [0.4, 0.5) is 4.39 Å². The standard InChI is InChI=1S/C9H10FN/c1-6(2)9-8(10)5-4-7(3)11-9/h4-5H,1H2,2-3H3. The fraction of sp³-hybridized carbons (Fsp3) is 0.222. The van der Waals surface area contributed by atoms with Crippen LogP contribution in [-0.2, 0) is 0 Å². The van der Waals surface area contributed by atoms with Crippen LogP contribution in [0.2, 0.25) is 0 Å². The normalized spacial score (nSPS) is 9.73. The maximum Gasteiger partial charge on any atom is 0.149 e. The van der Waals surface area contributed by atoms with Crippen LogP contribution < -0.4 is 0 Å². The maximum atomic E-state index is 12.9. The zero-order chi connectivity index (χ0) is 8.43. The predicted molar refractivity (Wildman–Crippen MR) is 43.6 cm³/mol. The molecule has 0 saturated heterocycles. The molecule has 2 heteroatoms. The molecule has 0 radical (unpaired) electrons. The van der Waals surface area contributed by atoms with Gasteiger partial charge in [-0.1, -0.05) is 6.58 Å². The van der Waals surface area contributed by atoms with Crippen LogP contribution in [-0.4, -0.2) is 4.98 Å². The summed E-state index contributed by atoms with van der Waals surface area (Å²) in [6.45, 7) is 7.19. The number of aryl methyl sites for hydroxylation is 1. The molecule has 1 heterocycles. The molecule has 0 unspecified atom stereocenters. The van der Waals surface area contributed by atoms with Crippen molar-refractivity contribution in [1.29, 1.82) is 0 Å². The Labute approximate surface area is 65.6 Å². The number of rotatable bonds is 1. The van der Waals surface area contributed by atoms with Crippen LogP contribution in [0.1, 0.15) is 18.3 Å². The first kappa shape index (κ1) is 7.92. The summed E-state index contributed by atoms with van der Waals surface area (Å²) in [5, 5.41) is 0. The van der Waals surface area contributed by atoms with E-state index >= 15 is 0 Å². The van der Waals surface area contributed by atoms with Gasteiger partial charge in [-0.2, -0.15) is 0 Å². The molecule has 0 fully saturated rings. The molecule has 0 bridgehead atoms. The van der Waals surface area contributed by atoms with Crippen molar-refractivity contribution in [2.75, 3.05) is 0 Å². The lowest BCUT2D eigenvalue weighted by Gasteiger charge is -2.00. The van der Waals surface area contributed by atoms with E-state index in [9.17, 15) is 4.39 Å². The Morgan fingerprint density at radius 1 is 1.55 bits per heavy atom. The van der Waals surface area contributed by atoms with E-state index in [1.807, 2.05) is 6.92 Å². The Bertz CT molecular complexity index is 292. The number of allylic oxidation sites excluding steroid dienone is 1. The van der Waals surface area contributed by atoms with E-state index in [0.717, 1.165) is 5.69 Å². The van der Waals surface area contributed by atoms with Crippen molar-refractivity contribution in [3.05, 3.63) is 35.9 Å². The Morgan fingerprint density at radius 2 is 2.18 bits per heavy atom. The third-order valence-corrected chi connectivity index (χ3v) is 1.39. The first-order chi connectivity index (χ1) is 5.11. The van der Waals surface area contributed by atoms with Gasteiger partial charge in [0, 0.05) is 5.69 Å². The smallest absolute Gasteiger partial charge is 0.149 e. The number of pyridine rings is 1. The number of nitrogens with zero attached hydrogens (tertiary/aromatic N) is 1. The minimum atomic E-state index is -0.303. The van der Waals surface area contributed by atoms with Gasteiger partial charge in [-0.3, -0.25) is 4.98 Å². The van der Waals surface area contributed by atoms with Gasteiger partial charge in [-0.25, -0.2) is 4.39 Å². The summed E-state index contributed by atoms with van der Waals surface area (Å²) < 4.78 is 12.9. The van der Waals surface area contributed by atoms with Gasteiger partial charge in [0.2, 0.25) is 0 Å². The molecule has 0 N–H and O–H groups in total. The summed E-state index contributed by atoms with van der Waals surface area (Å²) in [6, 6.07) is 3.05. The zero-order valence-electron chi connectivity index (χ0n) is 6.69. The first-order valence-corrected chi connectivity index (χ1v) is 3.40. The van der Waals surface area contributed by atoms with Gasteiger partial charge in [0.05, 0.1) is 0 Å². The van der Waals surface area contributed by atoms with Crippen molar-refractivity contribution >= 4 is 5.57 Å². The molecule has 58 valence electrons. The molecule has 0 saturated carbocycles. The summed E-state index contributed by atoms with van der Waals surface area (Å²) >= 11 is 0. The molecule has 0 spiro atoms. The highest BCUT2D eigenvalue weighted by Gasteiger charge is 2.02. The summed E-state index contributed by atoms with van der Waals surface area (Å²) in [5.41, 5.74) is 1.83. The van der Waals surface area contributed by atoms with E-state index in [1.165, 1.54) is 6.07 Å². The van der Waals surface area contributed by atoms with E-state index in [1.54, 1.807) is 13.0 Å². The van der Waals surface area contributed by atoms with Crippen LogP contribution in [0.15, 0.2) is 18.7 Å². The van der Waals surface area contributed by atoms with Gasteiger partial charge in [0.1, 0.15) is 11.5 Å². The number of aromatic nitrogens is 1. The highest BCUT2D eigenvalue weighted by molar-refractivity contribution is 5.58. The van der Waals surface area contributed by atoms with E-state index in [0.29, 0.717) is 11.3 Å². The summed E-state index contributed by atoms with van der Waals surface area (Å²) in [6.07, 6.45) is 0. The van der Waals surface area contributed by atoms with Crippen LogP contribution >= 0.6 is 0 Å². The second kappa shape index (κ2) is 2.82. The number of hydrogen-bond acceptors (Lipinski definition) is 1. The lowest BCUT2D eigenvalue weighted by atomic mass is 10.2. The zero-order valence-corrected chi connectivity index (χ0v) is 6.69. The topological polar surface area (TPSA) is 12.9 Å². The molecule has 1 nitrogen and oxygen atoms in total. The van der Waals surface area contributed by atoms with Crippen molar-refractivity contribution in [2.45, 2.75) is 13.8 Å². The number of halogens is 1. The van der Waals surface area contributed by atoms with Crippen LogP contribution in [0.3, 0.4) is 0 Å². The van der Waals surface area contributed by atoms with Crippen LogP contribution in [0, 0.1) is 12.7 Å². The number of hydrogen-bond donors (Lipinski definition) is 0. The second-order valence-corrected chi connectivity index (χ2v) is 2.56. The van der Waals surface area contributed by atoms with Crippen LogP contribution in [0.25, 0.3) is 5.57 Å². The van der Waals surface area contributed by atoms with Crippen molar-refractivity contribution in [3.63, 3.8) is 0 Å². The second-order valence-electron chi connectivity index (χ2n) is 2.56. The molecule has 0 aliphatic heterocycles. The third kappa shape index (κ3) is 1.64. The Morgan fingerprint density at radius 3 is 2.64 bits per heavy atom. The fourth-order valence-electron chi connectivity index (χ4n) is 0.839. The van der Waals surface area contributed by atoms with E-state index < -0.39 is 0 Å². The molecule has 0 atom stereocenters. The SMILES string of the molecule is C=C(C)c1nc(C)ccc1F. The van der Waals surface area contributed by atoms with Gasteiger partial charge in [-0.15, -0.1) is 0 Å². The fourth-order valence-corrected chi connectivity index (χ4v) is 0.839. The first-order valence-electron chi connectivity index (χ1n) is 3.40. The molecule has 1 aromatic heterocycles. The average Bonchev–Trinajstić information content (AvgIpc) is 1.94. The van der Waals surface area contributed by atoms with Crippen LogP contribution in [0.5, 0.6) is 0 Å². The monoisotopic (exact) mass is 151 g/mol. The largest absolute Gasteiger partial charge is 0.250 e. The lowest BCUT2D eigenvalue weighted by Crippen LogP contribution is -1.92. The van der Waals surface area contributed by atoms with Gasteiger partial charge in [-0.05, 0) is 31.6 Å². The van der Waals surface area contributed by atoms with Crippen molar-refractivity contribution in [2.24, 2.45) is 0 Å². The van der Waals surface area contributed by atoms with Crippen molar-refractivity contribution in [3.8, 4) is 0 Å². The molecule has 0 aromatic carbocycles. The molecule has 0 aliphatic rings. The third-order valence-electron chi connectivity index (χ3n) is 1.39. The van der Waals surface area contributed by atoms with E-state index in [4.69, 9.17) is 0 Å². The molecular weight excluding hydrogens is 141 g/mol. The average molecular weight is 151 g/mol. The highest BCUT2D eigenvalue weighted by Crippen LogP contribution is 2.13. The highest BCUT2D eigenvalue weighted by atomic mass is 19.1. The van der Waals surface area contributed by atoms with E-state index in [-0.39, 0.29) is 5.82 Å². The molecule has 1 aromatic rings. The Kier molecular flexibility index (Phi) is 2.03.